The first-order valence-corrected chi connectivity index (χ1v) is 12.9. The number of hydrogen-bond acceptors (Lipinski definition) is 5. The molecule has 8 heteroatoms. The fraction of sp³-hybridized carbons (Fsp3) is 0.480. The molecule has 1 aliphatic heterocycles. The van der Waals surface area contributed by atoms with Crippen LogP contribution in [-0.4, -0.2) is 42.1 Å². The van der Waals surface area contributed by atoms with E-state index >= 15 is 0 Å². The van der Waals surface area contributed by atoms with Crippen molar-refractivity contribution in [1.29, 1.82) is 0 Å². The van der Waals surface area contributed by atoms with E-state index in [0.29, 0.717) is 0 Å². The zero-order valence-corrected chi connectivity index (χ0v) is 20.5. The van der Waals surface area contributed by atoms with Crippen molar-refractivity contribution in [1.82, 2.24) is 4.57 Å². The molecule has 1 N–H and O–H groups in total. The maximum Gasteiger partial charge on any atom is 0.308 e. The Morgan fingerprint density at radius 1 is 1.24 bits per heavy atom. The van der Waals surface area contributed by atoms with Gasteiger partial charge in [0.1, 0.15) is 5.82 Å². The van der Waals surface area contributed by atoms with E-state index in [9.17, 15) is 18.9 Å². The van der Waals surface area contributed by atoms with Crippen LogP contribution < -0.4 is 0 Å². The summed E-state index contributed by atoms with van der Waals surface area (Å²) in [6.07, 6.45) is 1.28. The van der Waals surface area contributed by atoms with Crippen LogP contribution in [0.2, 0.25) is 0 Å². The number of benzene rings is 1. The third-order valence-corrected chi connectivity index (χ3v) is 7.82. The van der Waals surface area contributed by atoms with Crippen LogP contribution in [-0.2, 0) is 31.6 Å². The quantitative estimate of drug-likeness (QED) is 0.350. The number of aliphatic hydroxyl groups excluding tert-OH is 1. The number of methoxy groups -OCH3 is 1. The van der Waals surface area contributed by atoms with Crippen LogP contribution in [0.25, 0.3) is 11.3 Å². The lowest BCUT2D eigenvalue weighted by molar-refractivity contribution is -0.142. The predicted molar refractivity (Wildman–Crippen MR) is 126 cm³/mol. The summed E-state index contributed by atoms with van der Waals surface area (Å²) in [5, 5.41) is 10.2. The highest BCUT2D eigenvalue weighted by atomic mass is 31.2. The maximum absolute atomic E-state index is 13.6. The molecule has 0 radical (unpaired) electrons. The van der Waals surface area contributed by atoms with E-state index in [0.717, 1.165) is 48.2 Å². The number of aliphatic hydroxyl groups is 1. The van der Waals surface area contributed by atoms with Crippen LogP contribution in [0.15, 0.2) is 24.3 Å². The van der Waals surface area contributed by atoms with Gasteiger partial charge in [0.2, 0.25) is 0 Å². The second-order valence-electron chi connectivity index (χ2n) is 8.56. The van der Waals surface area contributed by atoms with Crippen molar-refractivity contribution in [3.63, 3.8) is 0 Å². The molecule has 6 nitrogen and oxygen atoms in total. The van der Waals surface area contributed by atoms with Gasteiger partial charge in [-0.25, -0.2) is 4.39 Å². The van der Waals surface area contributed by atoms with E-state index in [4.69, 9.17) is 4.52 Å². The fourth-order valence-electron chi connectivity index (χ4n) is 4.35. The van der Waals surface area contributed by atoms with Gasteiger partial charge >= 0.3 is 5.97 Å². The van der Waals surface area contributed by atoms with Crippen molar-refractivity contribution in [3.8, 4) is 22.8 Å². The Morgan fingerprint density at radius 2 is 1.94 bits per heavy atom. The van der Waals surface area contributed by atoms with Gasteiger partial charge in [0, 0.05) is 19.3 Å². The summed E-state index contributed by atoms with van der Waals surface area (Å²) in [6.45, 7) is 5.03. The maximum atomic E-state index is 13.6. The molecule has 0 spiro atoms. The van der Waals surface area contributed by atoms with Gasteiger partial charge in [0.25, 0.3) is 7.37 Å². The molecule has 0 fully saturated rings. The minimum absolute atomic E-state index is 0.176. The lowest BCUT2D eigenvalue weighted by Gasteiger charge is -2.19. The van der Waals surface area contributed by atoms with E-state index in [1.807, 2.05) is 0 Å². The fourth-order valence-corrected chi connectivity index (χ4v) is 5.64. The summed E-state index contributed by atoms with van der Waals surface area (Å²) in [5.41, 5.74) is 7.58. The van der Waals surface area contributed by atoms with Crippen molar-refractivity contribution in [2.45, 2.75) is 58.1 Å². The van der Waals surface area contributed by atoms with E-state index in [-0.39, 0.29) is 24.3 Å². The van der Waals surface area contributed by atoms with Crippen molar-refractivity contribution in [2.75, 3.05) is 20.4 Å². The predicted octanol–water partition coefficient (Wildman–Crippen LogP) is 4.91. The molecule has 0 bridgehead atoms. The van der Waals surface area contributed by atoms with Crippen LogP contribution >= 0.6 is 7.37 Å². The standard InChI is InChI=1S/C25H31FNO5P/c1-17(2)24-21(12-14-33(30,32-4)16-20(28)15-23(29)31-3)25(18-8-10-19(26)11-9-18)27-13-6-5-7-22(24)27/h8-11,17,20,28H,5-7,13,15-16H2,1-4H3/t20-,33?/m0/s1. The molecule has 0 aliphatic carbocycles. The lowest BCUT2D eigenvalue weighted by atomic mass is 9.94. The van der Waals surface area contributed by atoms with Gasteiger partial charge in [-0.2, -0.15) is 0 Å². The Balaban J connectivity index is 2.11. The van der Waals surface area contributed by atoms with Crippen LogP contribution in [0.5, 0.6) is 0 Å². The van der Waals surface area contributed by atoms with Crippen LogP contribution in [0.1, 0.15) is 55.8 Å². The van der Waals surface area contributed by atoms with Gasteiger partial charge in [0.15, 0.2) is 0 Å². The molecule has 0 saturated carbocycles. The Morgan fingerprint density at radius 3 is 2.55 bits per heavy atom. The topological polar surface area (TPSA) is 77.8 Å². The summed E-state index contributed by atoms with van der Waals surface area (Å²) in [7, 11) is -1.04. The summed E-state index contributed by atoms with van der Waals surface area (Å²) < 4.78 is 38.9. The number of carbonyl (C=O) groups is 1. The molecule has 2 heterocycles. The van der Waals surface area contributed by atoms with Gasteiger partial charge in [-0.1, -0.05) is 19.8 Å². The highest BCUT2D eigenvalue weighted by Gasteiger charge is 2.28. The van der Waals surface area contributed by atoms with Crippen molar-refractivity contribution >= 4 is 13.3 Å². The molecule has 3 rings (SSSR count). The number of fused-ring (bicyclic) bond motifs is 1. The minimum Gasteiger partial charge on any atom is -0.469 e. The van der Waals surface area contributed by atoms with Crippen molar-refractivity contribution < 1.29 is 28.1 Å². The highest BCUT2D eigenvalue weighted by molar-refractivity contribution is 7.64. The van der Waals surface area contributed by atoms with Gasteiger partial charge in [-0.3, -0.25) is 9.36 Å². The molecule has 2 atom stereocenters. The smallest absolute Gasteiger partial charge is 0.308 e. The molecular formula is C25H31FNO5P. The Hall–Kier alpha value is -2.39. The summed E-state index contributed by atoms with van der Waals surface area (Å²) in [4.78, 5) is 11.5. The number of halogens is 1. The molecule has 1 aliphatic rings. The first-order chi connectivity index (χ1) is 15.7. The summed E-state index contributed by atoms with van der Waals surface area (Å²) >= 11 is 0. The largest absolute Gasteiger partial charge is 0.469 e. The Labute approximate surface area is 194 Å². The van der Waals surface area contributed by atoms with Crippen LogP contribution in [0.3, 0.4) is 0 Å². The molecule has 1 unspecified atom stereocenters. The molecule has 0 amide bonds. The number of carbonyl (C=O) groups excluding carboxylic acids is 1. The summed E-state index contributed by atoms with van der Waals surface area (Å²) in [6, 6.07) is 6.32. The number of esters is 1. The number of nitrogens with zero attached hydrogens (tertiary/aromatic N) is 1. The molecule has 2 aromatic rings. The van der Waals surface area contributed by atoms with Crippen LogP contribution in [0.4, 0.5) is 4.39 Å². The van der Waals surface area contributed by atoms with Gasteiger partial charge in [-0.05, 0) is 66.2 Å². The highest BCUT2D eigenvalue weighted by Crippen LogP contribution is 2.46. The Kier molecular flexibility index (Phi) is 8.18. The lowest BCUT2D eigenvalue weighted by Crippen LogP contribution is -2.18. The van der Waals surface area contributed by atoms with Crippen molar-refractivity contribution in [3.05, 3.63) is 46.9 Å². The van der Waals surface area contributed by atoms with Crippen molar-refractivity contribution in [2.24, 2.45) is 0 Å². The SMILES string of the molecule is COC(=O)C[C@H](O)CP(=O)(C#Cc1c(C(C)C)c2n(c1-c1ccc(F)cc1)CCCC2)OC. The summed E-state index contributed by atoms with van der Waals surface area (Å²) in [5.74, 6) is 2.38. The third kappa shape index (κ3) is 5.76. The zero-order valence-electron chi connectivity index (χ0n) is 19.6. The van der Waals surface area contributed by atoms with Crippen LogP contribution in [0, 0.1) is 17.4 Å². The number of rotatable bonds is 7. The molecule has 178 valence electrons. The van der Waals surface area contributed by atoms with Gasteiger partial charge in [-0.15, -0.1) is 0 Å². The Bertz CT molecular complexity index is 1110. The second kappa shape index (κ2) is 10.7. The van der Waals surface area contributed by atoms with E-state index in [1.54, 1.807) is 12.1 Å². The average Bonchev–Trinajstić information content (AvgIpc) is 3.12. The van der Waals surface area contributed by atoms with Gasteiger partial charge in [0.05, 0.1) is 37.1 Å². The van der Waals surface area contributed by atoms with E-state index in [2.05, 4.69) is 34.7 Å². The minimum atomic E-state index is -3.55. The zero-order chi connectivity index (χ0) is 24.2. The first-order valence-electron chi connectivity index (χ1n) is 11.1. The number of ether oxygens (including phenoxy) is 1. The van der Waals surface area contributed by atoms with E-state index in [1.165, 1.54) is 32.0 Å². The molecular weight excluding hydrogens is 444 g/mol. The molecule has 33 heavy (non-hydrogen) atoms. The third-order valence-electron chi connectivity index (χ3n) is 5.88. The molecule has 1 aromatic carbocycles. The normalized spacial score (nSPS) is 15.8. The first kappa shape index (κ1) is 25.2. The molecule has 1 aromatic heterocycles. The number of hydrogen-bond donors (Lipinski definition) is 1. The van der Waals surface area contributed by atoms with Gasteiger partial charge < -0.3 is 18.9 Å². The molecule has 0 saturated heterocycles. The second-order valence-corrected chi connectivity index (χ2v) is 10.9. The monoisotopic (exact) mass is 475 g/mol. The van der Waals surface area contributed by atoms with E-state index < -0.39 is 19.4 Å². The average molecular weight is 475 g/mol. The number of aromatic nitrogens is 1.